The monoisotopic (exact) mass is 197 g/mol. The first-order chi connectivity index (χ1) is 6.52. The zero-order valence-electron chi connectivity index (χ0n) is 8.49. The summed E-state index contributed by atoms with van der Waals surface area (Å²) in [4.78, 5) is 23.7. The first-order valence-electron chi connectivity index (χ1n) is 4.69. The van der Waals surface area contributed by atoms with E-state index < -0.39 is 11.9 Å². The summed E-state index contributed by atoms with van der Waals surface area (Å²) in [5.41, 5.74) is 1.26. The Kier molecular flexibility index (Phi) is 3.28. The standard InChI is InChI=1S/C10H15NO3/c1-7-3-5-11(6-4-7)9(12)8(2)10(13)14/h3,8H,4-6H2,1-2H3,(H,13,14). The smallest absolute Gasteiger partial charge is 0.315 e. The first kappa shape index (κ1) is 10.8. The highest BCUT2D eigenvalue weighted by Gasteiger charge is 2.26. The number of amides is 1. The van der Waals surface area contributed by atoms with E-state index >= 15 is 0 Å². The molecule has 1 rings (SSSR count). The van der Waals surface area contributed by atoms with Crippen LogP contribution in [-0.2, 0) is 9.59 Å². The average Bonchev–Trinajstić information content (AvgIpc) is 2.16. The second-order valence-corrected chi connectivity index (χ2v) is 3.64. The SMILES string of the molecule is CC1=CCN(C(=O)C(C)C(=O)O)CC1. The first-order valence-corrected chi connectivity index (χ1v) is 4.69. The summed E-state index contributed by atoms with van der Waals surface area (Å²) in [5.74, 6) is -2.27. The van der Waals surface area contributed by atoms with Gasteiger partial charge in [-0.3, -0.25) is 9.59 Å². The van der Waals surface area contributed by atoms with Crippen LogP contribution in [0.15, 0.2) is 11.6 Å². The molecule has 1 aliphatic rings. The Labute approximate surface area is 83.2 Å². The maximum Gasteiger partial charge on any atom is 0.315 e. The fraction of sp³-hybridized carbons (Fsp3) is 0.600. The van der Waals surface area contributed by atoms with Crippen LogP contribution < -0.4 is 0 Å². The van der Waals surface area contributed by atoms with E-state index in [0.717, 1.165) is 6.42 Å². The Bertz CT molecular complexity index is 283. The Morgan fingerprint density at radius 1 is 1.57 bits per heavy atom. The molecule has 1 heterocycles. The van der Waals surface area contributed by atoms with Crippen molar-refractivity contribution < 1.29 is 14.7 Å². The molecule has 0 saturated heterocycles. The van der Waals surface area contributed by atoms with Crippen molar-refractivity contribution >= 4 is 11.9 Å². The Hall–Kier alpha value is -1.32. The molecule has 0 aromatic heterocycles. The summed E-state index contributed by atoms with van der Waals surface area (Å²) < 4.78 is 0. The minimum absolute atomic E-state index is 0.291. The zero-order valence-corrected chi connectivity index (χ0v) is 8.49. The van der Waals surface area contributed by atoms with Crippen molar-refractivity contribution in [2.45, 2.75) is 20.3 Å². The normalized spacial score (nSPS) is 18.7. The van der Waals surface area contributed by atoms with Crippen molar-refractivity contribution in [3.63, 3.8) is 0 Å². The van der Waals surface area contributed by atoms with Crippen LogP contribution in [0.3, 0.4) is 0 Å². The predicted octanol–water partition coefficient (Wildman–Crippen LogP) is 0.886. The molecule has 4 heteroatoms. The maximum absolute atomic E-state index is 11.6. The number of carbonyl (C=O) groups is 2. The largest absolute Gasteiger partial charge is 0.481 e. The molecule has 0 spiro atoms. The van der Waals surface area contributed by atoms with Gasteiger partial charge in [0, 0.05) is 13.1 Å². The van der Waals surface area contributed by atoms with Crippen LogP contribution in [0.5, 0.6) is 0 Å². The lowest BCUT2D eigenvalue weighted by atomic mass is 10.1. The summed E-state index contributed by atoms with van der Waals surface area (Å²) >= 11 is 0. The molecule has 1 atom stereocenters. The van der Waals surface area contributed by atoms with Gasteiger partial charge in [-0.2, -0.15) is 0 Å². The van der Waals surface area contributed by atoms with Crippen LogP contribution in [0, 0.1) is 5.92 Å². The summed E-state index contributed by atoms with van der Waals surface area (Å²) in [7, 11) is 0. The maximum atomic E-state index is 11.6. The second kappa shape index (κ2) is 4.26. The number of carboxylic acids is 1. The summed E-state index contributed by atoms with van der Waals surface area (Å²) in [6, 6.07) is 0. The highest BCUT2D eigenvalue weighted by molar-refractivity contribution is 5.96. The fourth-order valence-electron chi connectivity index (χ4n) is 1.35. The molecule has 0 aromatic carbocycles. The highest BCUT2D eigenvalue weighted by Crippen LogP contribution is 2.12. The lowest BCUT2D eigenvalue weighted by molar-refractivity contribution is -0.150. The molecule has 0 bridgehead atoms. The van der Waals surface area contributed by atoms with Gasteiger partial charge in [-0.1, -0.05) is 11.6 Å². The number of carboxylic acid groups (broad SMARTS) is 1. The van der Waals surface area contributed by atoms with Gasteiger partial charge < -0.3 is 10.0 Å². The summed E-state index contributed by atoms with van der Waals surface area (Å²) in [5, 5.41) is 8.67. The average molecular weight is 197 g/mol. The van der Waals surface area contributed by atoms with E-state index in [1.54, 1.807) is 4.90 Å². The van der Waals surface area contributed by atoms with Crippen LogP contribution in [0.25, 0.3) is 0 Å². The number of rotatable bonds is 2. The van der Waals surface area contributed by atoms with Crippen LogP contribution in [0.1, 0.15) is 20.3 Å². The van der Waals surface area contributed by atoms with Gasteiger partial charge in [0.1, 0.15) is 5.92 Å². The molecule has 0 aromatic rings. The van der Waals surface area contributed by atoms with Gasteiger partial charge in [0.05, 0.1) is 0 Å². The van der Waals surface area contributed by atoms with E-state index in [4.69, 9.17) is 5.11 Å². The van der Waals surface area contributed by atoms with Crippen LogP contribution >= 0.6 is 0 Å². The molecule has 0 aliphatic carbocycles. The van der Waals surface area contributed by atoms with Crippen molar-refractivity contribution in [2.24, 2.45) is 5.92 Å². The zero-order chi connectivity index (χ0) is 10.7. The molecule has 1 unspecified atom stereocenters. The quantitative estimate of drug-likeness (QED) is 0.528. The number of hydrogen-bond acceptors (Lipinski definition) is 2. The number of carbonyl (C=O) groups excluding carboxylic acids is 1. The van der Waals surface area contributed by atoms with Crippen LogP contribution in [0.2, 0.25) is 0 Å². The third-order valence-electron chi connectivity index (χ3n) is 2.49. The molecule has 14 heavy (non-hydrogen) atoms. The van der Waals surface area contributed by atoms with E-state index in [2.05, 4.69) is 0 Å². The van der Waals surface area contributed by atoms with E-state index in [9.17, 15) is 9.59 Å². The lowest BCUT2D eigenvalue weighted by Gasteiger charge is -2.26. The number of nitrogens with zero attached hydrogens (tertiary/aromatic N) is 1. The Morgan fingerprint density at radius 3 is 2.64 bits per heavy atom. The molecule has 0 fully saturated rings. The molecule has 0 radical (unpaired) electrons. The topological polar surface area (TPSA) is 57.6 Å². The molecule has 1 aliphatic heterocycles. The molecule has 0 saturated carbocycles. The Balaban J connectivity index is 2.59. The van der Waals surface area contributed by atoms with Gasteiger partial charge >= 0.3 is 5.97 Å². The molecular formula is C10H15NO3. The molecule has 1 N–H and O–H groups in total. The summed E-state index contributed by atoms with van der Waals surface area (Å²) in [6.45, 7) is 4.62. The lowest BCUT2D eigenvalue weighted by Crippen LogP contribution is -2.40. The summed E-state index contributed by atoms with van der Waals surface area (Å²) in [6.07, 6.45) is 2.81. The van der Waals surface area contributed by atoms with Gasteiger partial charge in [-0.25, -0.2) is 0 Å². The van der Waals surface area contributed by atoms with E-state index in [1.165, 1.54) is 12.5 Å². The van der Waals surface area contributed by atoms with E-state index in [1.807, 2.05) is 13.0 Å². The minimum Gasteiger partial charge on any atom is -0.481 e. The van der Waals surface area contributed by atoms with Crippen molar-refractivity contribution in [3.05, 3.63) is 11.6 Å². The Morgan fingerprint density at radius 2 is 2.21 bits per heavy atom. The van der Waals surface area contributed by atoms with E-state index in [0.29, 0.717) is 13.1 Å². The molecule has 1 amide bonds. The van der Waals surface area contributed by atoms with Crippen molar-refractivity contribution in [3.8, 4) is 0 Å². The molecule has 78 valence electrons. The van der Waals surface area contributed by atoms with Crippen molar-refractivity contribution in [1.29, 1.82) is 0 Å². The predicted molar refractivity (Wildman–Crippen MR) is 51.8 cm³/mol. The van der Waals surface area contributed by atoms with Crippen molar-refractivity contribution in [1.82, 2.24) is 4.90 Å². The number of aliphatic carboxylic acids is 1. The third-order valence-corrected chi connectivity index (χ3v) is 2.49. The van der Waals surface area contributed by atoms with Crippen LogP contribution in [-0.4, -0.2) is 35.0 Å². The molecule has 4 nitrogen and oxygen atoms in total. The van der Waals surface area contributed by atoms with Crippen LogP contribution in [0.4, 0.5) is 0 Å². The minimum atomic E-state index is -1.05. The second-order valence-electron chi connectivity index (χ2n) is 3.64. The fourth-order valence-corrected chi connectivity index (χ4v) is 1.35. The van der Waals surface area contributed by atoms with Gasteiger partial charge in [0.15, 0.2) is 0 Å². The third kappa shape index (κ3) is 2.34. The van der Waals surface area contributed by atoms with Gasteiger partial charge in [-0.05, 0) is 20.3 Å². The van der Waals surface area contributed by atoms with E-state index in [-0.39, 0.29) is 5.91 Å². The molecular weight excluding hydrogens is 182 g/mol. The van der Waals surface area contributed by atoms with Gasteiger partial charge in [0.2, 0.25) is 5.91 Å². The van der Waals surface area contributed by atoms with Crippen molar-refractivity contribution in [2.75, 3.05) is 13.1 Å². The number of hydrogen-bond donors (Lipinski definition) is 1. The highest BCUT2D eigenvalue weighted by atomic mass is 16.4. The van der Waals surface area contributed by atoms with Gasteiger partial charge in [0.25, 0.3) is 0 Å². The van der Waals surface area contributed by atoms with Gasteiger partial charge in [-0.15, -0.1) is 0 Å².